The number of rotatable bonds is 2. The second-order valence-electron chi connectivity index (χ2n) is 4.02. The van der Waals surface area contributed by atoms with Crippen molar-refractivity contribution in [2.24, 2.45) is 0 Å². The summed E-state index contributed by atoms with van der Waals surface area (Å²) in [6.45, 7) is 1.83. The lowest BCUT2D eigenvalue weighted by Crippen LogP contribution is -1.96. The number of benzene rings is 1. The largest absolute Gasteiger partial charge is 0.464 e. The Morgan fingerprint density at radius 1 is 1.22 bits per heavy atom. The van der Waals surface area contributed by atoms with Gasteiger partial charge in [0.05, 0.1) is 5.56 Å². The Kier molecular flexibility index (Phi) is 2.41. The van der Waals surface area contributed by atoms with E-state index in [1.807, 2.05) is 31.2 Å². The predicted molar refractivity (Wildman–Crippen MR) is 67.4 cm³/mol. The molecule has 4 nitrogen and oxygen atoms in total. The zero-order chi connectivity index (χ0) is 12.5. The minimum atomic E-state index is 0.378. The van der Waals surface area contributed by atoms with Crippen molar-refractivity contribution < 1.29 is 9.21 Å². The molecule has 0 radical (unpaired) electrons. The minimum Gasteiger partial charge on any atom is -0.464 e. The number of nitrogens with zero attached hydrogens (tertiary/aromatic N) is 2. The van der Waals surface area contributed by atoms with E-state index < -0.39 is 0 Å². The number of fused-ring (bicyclic) bond motifs is 1. The second-order valence-corrected chi connectivity index (χ2v) is 4.02. The molecule has 18 heavy (non-hydrogen) atoms. The van der Waals surface area contributed by atoms with Gasteiger partial charge in [-0.3, -0.25) is 4.79 Å². The molecule has 0 atom stereocenters. The van der Waals surface area contributed by atoms with Crippen LogP contribution in [0.3, 0.4) is 0 Å². The molecule has 0 spiro atoms. The molecule has 88 valence electrons. The molecule has 0 N–H and O–H groups in total. The van der Waals surface area contributed by atoms with Crippen LogP contribution in [0.1, 0.15) is 16.2 Å². The number of aryl methyl sites for hydroxylation is 1. The first kappa shape index (κ1) is 10.7. The summed E-state index contributed by atoms with van der Waals surface area (Å²) in [7, 11) is 0. The van der Waals surface area contributed by atoms with Crippen molar-refractivity contribution in [1.29, 1.82) is 0 Å². The van der Waals surface area contributed by atoms with E-state index in [-0.39, 0.29) is 0 Å². The Balaban J connectivity index is 2.25. The van der Waals surface area contributed by atoms with Crippen LogP contribution in [0.25, 0.3) is 22.4 Å². The molecule has 2 aromatic heterocycles. The maximum atomic E-state index is 10.8. The highest BCUT2D eigenvalue weighted by Gasteiger charge is 2.11. The molecule has 4 heteroatoms. The highest BCUT2D eigenvalue weighted by molar-refractivity contribution is 5.92. The number of carbonyl (C=O) groups excluding carboxylic acids is 1. The Hall–Kier alpha value is -2.49. The summed E-state index contributed by atoms with van der Waals surface area (Å²) in [4.78, 5) is 19.4. The van der Waals surface area contributed by atoms with Gasteiger partial charge in [-0.1, -0.05) is 18.2 Å². The third-order valence-corrected chi connectivity index (χ3v) is 2.72. The van der Waals surface area contributed by atoms with Crippen molar-refractivity contribution in [2.75, 3.05) is 0 Å². The topological polar surface area (TPSA) is 56.0 Å². The van der Waals surface area contributed by atoms with E-state index in [1.54, 1.807) is 12.3 Å². The molecular formula is C14H10N2O2. The number of carbonyl (C=O) groups is 1. The third-order valence-electron chi connectivity index (χ3n) is 2.72. The summed E-state index contributed by atoms with van der Waals surface area (Å²) >= 11 is 0. The van der Waals surface area contributed by atoms with E-state index >= 15 is 0 Å². The molecule has 0 aliphatic carbocycles. The van der Waals surface area contributed by atoms with Gasteiger partial charge < -0.3 is 4.42 Å². The van der Waals surface area contributed by atoms with Gasteiger partial charge in [0.2, 0.25) is 0 Å². The van der Waals surface area contributed by atoms with Crippen molar-refractivity contribution in [2.45, 2.75) is 6.92 Å². The molecule has 0 unspecified atom stereocenters. The molecule has 3 rings (SSSR count). The summed E-state index contributed by atoms with van der Waals surface area (Å²) in [6.07, 6.45) is 2.34. The quantitative estimate of drug-likeness (QED) is 0.644. The van der Waals surface area contributed by atoms with E-state index in [0.717, 1.165) is 28.5 Å². The van der Waals surface area contributed by atoms with Crippen molar-refractivity contribution >= 4 is 17.3 Å². The van der Waals surface area contributed by atoms with Crippen LogP contribution in [-0.2, 0) is 0 Å². The van der Waals surface area contributed by atoms with Crippen LogP contribution in [0.4, 0.5) is 0 Å². The molecule has 0 saturated heterocycles. The van der Waals surface area contributed by atoms with Crippen LogP contribution < -0.4 is 0 Å². The number of furan rings is 1. The number of para-hydroxylation sites is 1. The zero-order valence-corrected chi connectivity index (χ0v) is 9.75. The maximum Gasteiger partial charge on any atom is 0.168 e. The Labute approximate surface area is 103 Å². The van der Waals surface area contributed by atoms with Crippen LogP contribution in [0.2, 0.25) is 0 Å². The molecule has 3 aromatic rings. The SMILES string of the molecule is Cc1cc(C=O)nc(-c2coc3ccccc23)n1. The second kappa shape index (κ2) is 4.07. The average molecular weight is 238 g/mol. The lowest BCUT2D eigenvalue weighted by Gasteiger charge is -2.00. The van der Waals surface area contributed by atoms with Crippen LogP contribution in [0, 0.1) is 6.92 Å². The first-order valence-corrected chi connectivity index (χ1v) is 5.55. The van der Waals surface area contributed by atoms with Crippen molar-refractivity contribution in [3.8, 4) is 11.4 Å². The molecule has 0 fully saturated rings. The average Bonchev–Trinajstić information content (AvgIpc) is 2.81. The Morgan fingerprint density at radius 3 is 2.89 bits per heavy atom. The van der Waals surface area contributed by atoms with E-state index in [4.69, 9.17) is 4.42 Å². The van der Waals surface area contributed by atoms with Crippen LogP contribution in [-0.4, -0.2) is 16.3 Å². The molecule has 2 heterocycles. The van der Waals surface area contributed by atoms with E-state index in [9.17, 15) is 4.79 Å². The monoisotopic (exact) mass is 238 g/mol. The number of hydrogen-bond acceptors (Lipinski definition) is 4. The molecule has 0 amide bonds. The highest BCUT2D eigenvalue weighted by Crippen LogP contribution is 2.28. The predicted octanol–water partition coefficient (Wildman–Crippen LogP) is 3.01. The van der Waals surface area contributed by atoms with Gasteiger partial charge in [0, 0.05) is 11.1 Å². The fraction of sp³-hybridized carbons (Fsp3) is 0.0714. The summed E-state index contributed by atoms with van der Waals surface area (Å²) < 4.78 is 5.45. The fourth-order valence-corrected chi connectivity index (χ4v) is 1.92. The third kappa shape index (κ3) is 1.68. The van der Waals surface area contributed by atoms with Crippen LogP contribution in [0.5, 0.6) is 0 Å². The van der Waals surface area contributed by atoms with E-state index in [1.165, 1.54) is 0 Å². The first-order chi connectivity index (χ1) is 8.78. The Bertz CT molecular complexity index is 731. The Morgan fingerprint density at radius 2 is 2.06 bits per heavy atom. The molecular weight excluding hydrogens is 228 g/mol. The van der Waals surface area contributed by atoms with Crippen LogP contribution in [0.15, 0.2) is 41.0 Å². The van der Waals surface area contributed by atoms with E-state index in [0.29, 0.717) is 11.5 Å². The first-order valence-electron chi connectivity index (χ1n) is 5.55. The summed E-state index contributed by atoms with van der Waals surface area (Å²) in [6, 6.07) is 9.32. The van der Waals surface area contributed by atoms with Crippen molar-refractivity contribution in [3.05, 3.63) is 48.0 Å². The summed E-state index contributed by atoms with van der Waals surface area (Å²) in [5.41, 5.74) is 2.72. The van der Waals surface area contributed by atoms with Gasteiger partial charge in [-0.25, -0.2) is 9.97 Å². The minimum absolute atomic E-state index is 0.378. The highest BCUT2D eigenvalue weighted by atomic mass is 16.3. The molecule has 0 aliphatic heterocycles. The van der Waals surface area contributed by atoms with Crippen molar-refractivity contribution in [3.63, 3.8) is 0 Å². The van der Waals surface area contributed by atoms with Gasteiger partial charge in [-0.15, -0.1) is 0 Å². The number of hydrogen-bond donors (Lipinski definition) is 0. The standard InChI is InChI=1S/C14H10N2O2/c1-9-6-10(7-17)16-14(15-9)12-8-18-13-5-3-2-4-11(12)13/h2-8H,1H3. The summed E-state index contributed by atoms with van der Waals surface area (Å²) in [5, 5.41) is 0.944. The van der Waals surface area contributed by atoms with Crippen molar-refractivity contribution in [1.82, 2.24) is 9.97 Å². The lowest BCUT2D eigenvalue weighted by atomic mass is 10.1. The van der Waals surface area contributed by atoms with Gasteiger partial charge >= 0.3 is 0 Å². The number of aromatic nitrogens is 2. The maximum absolute atomic E-state index is 10.8. The fourth-order valence-electron chi connectivity index (χ4n) is 1.92. The van der Waals surface area contributed by atoms with Gasteiger partial charge in [-0.05, 0) is 19.1 Å². The summed E-state index contributed by atoms with van der Waals surface area (Å²) in [5.74, 6) is 0.516. The lowest BCUT2D eigenvalue weighted by molar-refractivity contribution is 0.111. The van der Waals surface area contributed by atoms with Gasteiger partial charge in [0.25, 0.3) is 0 Å². The molecule has 0 aliphatic rings. The van der Waals surface area contributed by atoms with Gasteiger partial charge in [0.1, 0.15) is 17.5 Å². The molecule has 0 bridgehead atoms. The van der Waals surface area contributed by atoms with Crippen LogP contribution >= 0.6 is 0 Å². The van der Waals surface area contributed by atoms with Gasteiger partial charge in [-0.2, -0.15) is 0 Å². The molecule has 0 saturated carbocycles. The van der Waals surface area contributed by atoms with E-state index in [2.05, 4.69) is 9.97 Å². The molecule has 1 aromatic carbocycles. The number of aldehydes is 1. The normalized spacial score (nSPS) is 10.7. The van der Waals surface area contributed by atoms with Gasteiger partial charge in [0.15, 0.2) is 12.1 Å². The zero-order valence-electron chi connectivity index (χ0n) is 9.75. The smallest absolute Gasteiger partial charge is 0.168 e.